The lowest BCUT2D eigenvalue weighted by Crippen LogP contribution is -2.63. The summed E-state index contributed by atoms with van der Waals surface area (Å²) in [5.41, 5.74) is 1.05. The fraction of sp³-hybridized carbons (Fsp3) is 0.571. The number of hydrogen-bond acceptors (Lipinski definition) is 5. The Labute approximate surface area is 182 Å². The average molecular weight is 437 g/mol. The Bertz CT molecular complexity index is 756. The molecule has 2 aliphatic heterocycles. The number of nitrogens with one attached hydrogen (secondary N) is 1. The van der Waals surface area contributed by atoms with Crippen LogP contribution in [-0.4, -0.2) is 51.9 Å². The molecule has 0 radical (unpaired) electrons. The molecular weight excluding hydrogens is 408 g/mol. The topological polar surface area (TPSA) is 65.0 Å². The van der Waals surface area contributed by atoms with Crippen molar-refractivity contribution in [2.75, 3.05) is 12.8 Å². The van der Waals surface area contributed by atoms with E-state index in [0.717, 1.165) is 22.9 Å². The molecule has 8 heteroatoms. The lowest BCUT2D eigenvalue weighted by molar-refractivity contribution is -0.127. The van der Waals surface area contributed by atoms with Gasteiger partial charge in [-0.3, -0.25) is 10.1 Å². The molecule has 1 aromatic rings. The van der Waals surface area contributed by atoms with Crippen molar-refractivity contribution in [2.24, 2.45) is 4.99 Å². The van der Waals surface area contributed by atoms with Crippen LogP contribution in [0.5, 0.6) is 0 Å². The number of carbonyl (C=O) groups is 2. The molecule has 3 amide bonds. The summed E-state index contributed by atoms with van der Waals surface area (Å²) in [5, 5.41) is 3.96. The number of rotatable bonds is 9. The fourth-order valence-corrected chi connectivity index (χ4v) is 4.80. The summed E-state index contributed by atoms with van der Waals surface area (Å²) in [6.07, 6.45) is 6.97. The van der Waals surface area contributed by atoms with Gasteiger partial charge in [-0.05, 0) is 24.1 Å². The quantitative estimate of drug-likeness (QED) is 0.579. The van der Waals surface area contributed by atoms with Gasteiger partial charge in [0.15, 0.2) is 17.4 Å². The van der Waals surface area contributed by atoms with E-state index in [-0.39, 0.29) is 5.91 Å². The Morgan fingerprint density at radius 1 is 1.10 bits per heavy atom. The monoisotopic (exact) mass is 436 g/mol. The lowest BCUT2D eigenvalue weighted by Gasteiger charge is -2.36. The molecule has 2 heterocycles. The zero-order valence-electron chi connectivity index (χ0n) is 17.1. The van der Waals surface area contributed by atoms with Crippen LogP contribution in [0.3, 0.4) is 0 Å². The summed E-state index contributed by atoms with van der Waals surface area (Å²) in [5.74, 6) is 0.673. The third-order valence-electron chi connectivity index (χ3n) is 5.32. The van der Waals surface area contributed by atoms with Crippen LogP contribution in [-0.2, 0) is 11.3 Å². The predicted octanol–water partition coefficient (Wildman–Crippen LogP) is 4.48. The van der Waals surface area contributed by atoms with Gasteiger partial charge in [-0.15, -0.1) is 0 Å². The van der Waals surface area contributed by atoms with Gasteiger partial charge in [-0.2, -0.15) is 0 Å². The first-order valence-electron chi connectivity index (χ1n) is 10.3. The van der Waals surface area contributed by atoms with Crippen molar-refractivity contribution in [1.82, 2.24) is 15.1 Å². The number of fused-ring (bicyclic) bond motifs is 1. The van der Waals surface area contributed by atoms with Crippen LogP contribution in [0.15, 0.2) is 29.3 Å². The standard InChI is InChI=1S/C21H29ClN4O2S/c1-3-4-5-6-7-8-13-29-21-23-18-17(19(27)24-20(28)25(18)2)26(21)14-15-9-11-16(22)12-10-15/h9-12,17-18H,3-8,13-14H2,1-2H3,(H,24,27,28). The van der Waals surface area contributed by atoms with Crippen molar-refractivity contribution in [1.29, 1.82) is 0 Å². The maximum absolute atomic E-state index is 12.6. The molecule has 1 N–H and O–H groups in total. The van der Waals surface area contributed by atoms with Crippen molar-refractivity contribution < 1.29 is 9.59 Å². The summed E-state index contributed by atoms with van der Waals surface area (Å²) in [6, 6.07) is 6.72. The van der Waals surface area contributed by atoms with E-state index in [2.05, 4.69) is 12.2 Å². The first kappa shape index (κ1) is 22.0. The highest BCUT2D eigenvalue weighted by Gasteiger charge is 2.48. The zero-order chi connectivity index (χ0) is 20.8. The van der Waals surface area contributed by atoms with Crippen LogP contribution in [0.1, 0.15) is 51.0 Å². The van der Waals surface area contributed by atoms with Gasteiger partial charge in [0.25, 0.3) is 5.91 Å². The van der Waals surface area contributed by atoms with Gasteiger partial charge in [-0.25, -0.2) is 9.79 Å². The van der Waals surface area contributed by atoms with E-state index in [0.29, 0.717) is 11.6 Å². The second kappa shape index (κ2) is 10.3. The molecular formula is C21H29ClN4O2S. The Kier molecular flexibility index (Phi) is 7.84. The molecule has 3 rings (SSSR count). The molecule has 0 aromatic heterocycles. The molecule has 0 spiro atoms. The minimum atomic E-state index is -0.500. The number of imide groups is 1. The van der Waals surface area contributed by atoms with Gasteiger partial charge < -0.3 is 9.80 Å². The molecule has 0 saturated carbocycles. The highest BCUT2D eigenvalue weighted by molar-refractivity contribution is 8.13. The Hall–Kier alpha value is -1.73. The Balaban J connectivity index is 1.67. The van der Waals surface area contributed by atoms with Crippen molar-refractivity contribution >= 4 is 40.5 Å². The molecule has 1 aromatic carbocycles. The largest absolute Gasteiger partial charge is 0.331 e. The van der Waals surface area contributed by atoms with Gasteiger partial charge in [0.05, 0.1) is 0 Å². The van der Waals surface area contributed by atoms with Crippen LogP contribution in [0.25, 0.3) is 0 Å². The van der Waals surface area contributed by atoms with Gasteiger partial charge in [0.1, 0.15) is 0 Å². The Morgan fingerprint density at radius 2 is 1.79 bits per heavy atom. The number of nitrogens with zero attached hydrogens (tertiary/aromatic N) is 3. The van der Waals surface area contributed by atoms with Gasteiger partial charge in [0, 0.05) is 24.4 Å². The van der Waals surface area contributed by atoms with Crippen LogP contribution >= 0.6 is 23.4 Å². The van der Waals surface area contributed by atoms with E-state index < -0.39 is 18.2 Å². The molecule has 2 unspecified atom stereocenters. The number of thioether (sulfide) groups is 1. The summed E-state index contributed by atoms with van der Waals surface area (Å²) in [4.78, 5) is 32.9. The minimum absolute atomic E-state index is 0.286. The fourth-order valence-electron chi connectivity index (χ4n) is 3.62. The number of carbonyl (C=O) groups excluding carboxylic acids is 2. The van der Waals surface area contributed by atoms with Crippen molar-refractivity contribution in [3.63, 3.8) is 0 Å². The highest BCUT2D eigenvalue weighted by Crippen LogP contribution is 2.30. The molecule has 1 saturated heterocycles. The summed E-state index contributed by atoms with van der Waals surface area (Å²) < 4.78 is 0. The first-order valence-corrected chi connectivity index (χ1v) is 11.7. The van der Waals surface area contributed by atoms with E-state index in [1.165, 1.54) is 37.0 Å². The number of urea groups is 1. The van der Waals surface area contributed by atoms with E-state index in [1.807, 2.05) is 29.2 Å². The number of aliphatic imine (C=N–C) groups is 1. The van der Waals surface area contributed by atoms with Crippen molar-refractivity contribution in [3.8, 4) is 0 Å². The minimum Gasteiger partial charge on any atom is -0.331 e. The molecule has 0 aliphatic carbocycles. The molecule has 1 fully saturated rings. The number of unbranched alkanes of at least 4 members (excludes halogenated alkanes) is 5. The van der Waals surface area contributed by atoms with Crippen molar-refractivity contribution in [2.45, 2.75) is 64.2 Å². The highest BCUT2D eigenvalue weighted by atomic mass is 35.5. The summed E-state index contributed by atoms with van der Waals surface area (Å²) in [7, 11) is 1.69. The second-order valence-electron chi connectivity index (χ2n) is 7.55. The van der Waals surface area contributed by atoms with Gasteiger partial charge in [0.2, 0.25) is 0 Å². The molecule has 2 aliphatic rings. The molecule has 6 nitrogen and oxygen atoms in total. The van der Waals surface area contributed by atoms with Crippen LogP contribution < -0.4 is 5.32 Å². The van der Waals surface area contributed by atoms with E-state index >= 15 is 0 Å². The maximum Gasteiger partial charge on any atom is 0.325 e. The second-order valence-corrected chi connectivity index (χ2v) is 9.04. The smallest absolute Gasteiger partial charge is 0.325 e. The third kappa shape index (κ3) is 5.45. The van der Waals surface area contributed by atoms with Crippen molar-refractivity contribution in [3.05, 3.63) is 34.9 Å². The van der Waals surface area contributed by atoms with E-state index in [9.17, 15) is 9.59 Å². The normalized spacial score (nSPS) is 21.3. The first-order chi connectivity index (χ1) is 14.0. The number of likely N-dealkylation sites (N-methyl/N-ethyl adjacent to an activating group) is 1. The molecule has 29 heavy (non-hydrogen) atoms. The Morgan fingerprint density at radius 3 is 2.52 bits per heavy atom. The summed E-state index contributed by atoms with van der Waals surface area (Å²) in [6.45, 7) is 2.77. The number of amides is 3. The maximum atomic E-state index is 12.6. The van der Waals surface area contributed by atoms with Crippen LogP contribution in [0.4, 0.5) is 4.79 Å². The van der Waals surface area contributed by atoms with E-state index in [1.54, 1.807) is 18.8 Å². The van der Waals surface area contributed by atoms with Crippen LogP contribution in [0, 0.1) is 0 Å². The zero-order valence-corrected chi connectivity index (χ0v) is 18.6. The number of halogens is 1. The third-order valence-corrected chi connectivity index (χ3v) is 6.66. The number of hydrogen-bond donors (Lipinski definition) is 1. The lowest BCUT2D eigenvalue weighted by atomic mass is 10.1. The van der Waals surface area contributed by atoms with E-state index in [4.69, 9.17) is 16.6 Å². The number of amidine groups is 1. The van der Waals surface area contributed by atoms with Crippen LogP contribution in [0.2, 0.25) is 5.02 Å². The van der Waals surface area contributed by atoms with Gasteiger partial charge >= 0.3 is 6.03 Å². The predicted molar refractivity (Wildman–Crippen MR) is 119 cm³/mol. The molecule has 0 bridgehead atoms. The van der Waals surface area contributed by atoms with Gasteiger partial charge in [-0.1, -0.05) is 74.5 Å². The molecule has 158 valence electrons. The molecule has 2 atom stereocenters. The SMILES string of the molecule is CCCCCCCCSC1=NC2C(C(=O)NC(=O)N2C)N1Cc1ccc(Cl)cc1. The summed E-state index contributed by atoms with van der Waals surface area (Å²) >= 11 is 7.69. The average Bonchev–Trinajstić information content (AvgIpc) is 3.06. The number of benzene rings is 1.